The number of nitrogens with zero attached hydrogens (tertiary/aromatic N) is 2. The maximum atomic E-state index is 12.1. The number of amides is 1. The first-order valence-electron chi connectivity index (χ1n) is 5.92. The van der Waals surface area contributed by atoms with E-state index in [-0.39, 0.29) is 23.3 Å². The first kappa shape index (κ1) is 12.9. The van der Waals surface area contributed by atoms with Gasteiger partial charge < -0.3 is 16.2 Å². The lowest BCUT2D eigenvalue weighted by molar-refractivity contribution is 0.102. The van der Waals surface area contributed by atoms with Crippen molar-refractivity contribution >= 4 is 17.4 Å². The van der Waals surface area contributed by atoms with Crippen LogP contribution in [-0.4, -0.2) is 20.8 Å². The minimum atomic E-state index is -0.379. The largest absolute Gasteiger partial charge is 0.508 e. The van der Waals surface area contributed by atoms with E-state index < -0.39 is 0 Å². The third kappa shape index (κ3) is 2.67. The topological polar surface area (TPSA) is 93.2 Å². The molecule has 0 atom stereocenters. The molecular formula is C13H16N4O2. The van der Waals surface area contributed by atoms with Crippen molar-refractivity contribution in [1.82, 2.24) is 9.78 Å². The molecule has 1 heterocycles. The number of phenolic OH excluding ortho intramolecular Hbond substituents is 1. The molecule has 0 saturated heterocycles. The lowest BCUT2D eigenvalue weighted by Crippen LogP contribution is -2.17. The van der Waals surface area contributed by atoms with Gasteiger partial charge in [-0.1, -0.05) is 0 Å². The Bertz CT molecular complexity index is 604. The molecule has 0 radical (unpaired) electrons. The SMILES string of the molecule is CC(C)n1nccc1NC(=O)c1cc(O)ccc1N. The normalized spacial score (nSPS) is 10.7. The standard InChI is InChI=1S/C13H16N4O2/c1-8(2)17-12(5-6-15-17)16-13(19)10-7-9(18)3-4-11(10)14/h3-8,18H,14H2,1-2H3,(H,16,19). The van der Waals surface area contributed by atoms with Crippen LogP contribution in [0.15, 0.2) is 30.5 Å². The van der Waals surface area contributed by atoms with Crippen LogP contribution in [0, 0.1) is 0 Å². The van der Waals surface area contributed by atoms with Crippen LogP contribution < -0.4 is 11.1 Å². The van der Waals surface area contributed by atoms with Crippen LogP contribution in [-0.2, 0) is 0 Å². The summed E-state index contributed by atoms with van der Waals surface area (Å²) in [5.74, 6) is 0.204. The smallest absolute Gasteiger partial charge is 0.259 e. The molecule has 100 valence electrons. The quantitative estimate of drug-likeness (QED) is 0.581. The second-order valence-electron chi connectivity index (χ2n) is 4.48. The molecule has 0 fully saturated rings. The Balaban J connectivity index is 2.26. The number of hydrogen-bond donors (Lipinski definition) is 3. The minimum Gasteiger partial charge on any atom is -0.508 e. The zero-order valence-corrected chi connectivity index (χ0v) is 10.8. The number of aromatic hydroxyl groups is 1. The number of nitrogens with one attached hydrogen (secondary N) is 1. The molecule has 0 aliphatic rings. The molecule has 0 aliphatic heterocycles. The van der Waals surface area contributed by atoms with Gasteiger partial charge in [0.2, 0.25) is 0 Å². The summed E-state index contributed by atoms with van der Waals surface area (Å²) >= 11 is 0. The van der Waals surface area contributed by atoms with Gasteiger partial charge in [0.25, 0.3) is 5.91 Å². The van der Waals surface area contributed by atoms with E-state index in [1.54, 1.807) is 16.9 Å². The average Bonchev–Trinajstić information content (AvgIpc) is 2.80. The monoisotopic (exact) mass is 260 g/mol. The Hall–Kier alpha value is -2.50. The summed E-state index contributed by atoms with van der Waals surface area (Å²) in [5, 5.41) is 16.3. The van der Waals surface area contributed by atoms with Crippen LogP contribution in [0.4, 0.5) is 11.5 Å². The number of nitrogens with two attached hydrogens (primary N) is 1. The molecule has 1 aromatic carbocycles. The Morgan fingerprint density at radius 2 is 2.16 bits per heavy atom. The van der Waals surface area contributed by atoms with Crippen LogP contribution in [0.3, 0.4) is 0 Å². The van der Waals surface area contributed by atoms with Crippen LogP contribution in [0.2, 0.25) is 0 Å². The van der Waals surface area contributed by atoms with E-state index in [9.17, 15) is 9.90 Å². The average molecular weight is 260 g/mol. The van der Waals surface area contributed by atoms with E-state index >= 15 is 0 Å². The van der Waals surface area contributed by atoms with Crippen molar-refractivity contribution in [3.05, 3.63) is 36.0 Å². The van der Waals surface area contributed by atoms with Crippen LogP contribution in [0.25, 0.3) is 0 Å². The number of carbonyl (C=O) groups excluding carboxylic acids is 1. The summed E-state index contributed by atoms with van der Waals surface area (Å²) < 4.78 is 1.69. The molecule has 6 nitrogen and oxygen atoms in total. The Kier molecular flexibility index (Phi) is 3.41. The van der Waals surface area contributed by atoms with Crippen molar-refractivity contribution in [2.75, 3.05) is 11.1 Å². The predicted molar refractivity (Wildman–Crippen MR) is 73.1 cm³/mol. The number of carbonyl (C=O) groups is 1. The molecule has 0 bridgehead atoms. The van der Waals surface area contributed by atoms with Gasteiger partial charge in [0.05, 0.1) is 11.8 Å². The highest BCUT2D eigenvalue weighted by Crippen LogP contribution is 2.20. The van der Waals surface area contributed by atoms with Crippen molar-refractivity contribution in [2.45, 2.75) is 19.9 Å². The molecule has 2 aromatic rings. The summed E-state index contributed by atoms with van der Waals surface area (Å²) in [6.07, 6.45) is 1.61. The van der Waals surface area contributed by atoms with Gasteiger partial charge in [0.1, 0.15) is 11.6 Å². The van der Waals surface area contributed by atoms with Gasteiger partial charge in [-0.3, -0.25) is 4.79 Å². The van der Waals surface area contributed by atoms with Crippen LogP contribution >= 0.6 is 0 Å². The molecule has 0 saturated carbocycles. The molecule has 6 heteroatoms. The fourth-order valence-electron chi connectivity index (χ4n) is 1.75. The fraction of sp³-hybridized carbons (Fsp3) is 0.231. The van der Waals surface area contributed by atoms with Gasteiger partial charge in [-0.15, -0.1) is 0 Å². The zero-order chi connectivity index (χ0) is 14.0. The molecule has 0 aliphatic carbocycles. The highest BCUT2D eigenvalue weighted by Gasteiger charge is 2.14. The molecule has 1 aromatic heterocycles. The van der Waals surface area contributed by atoms with Crippen molar-refractivity contribution in [1.29, 1.82) is 0 Å². The van der Waals surface area contributed by atoms with Gasteiger partial charge >= 0.3 is 0 Å². The lowest BCUT2D eigenvalue weighted by Gasteiger charge is -2.12. The fourth-order valence-corrected chi connectivity index (χ4v) is 1.75. The molecule has 19 heavy (non-hydrogen) atoms. The lowest BCUT2D eigenvalue weighted by atomic mass is 10.1. The number of hydrogen-bond acceptors (Lipinski definition) is 4. The highest BCUT2D eigenvalue weighted by molar-refractivity contribution is 6.07. The van der Waals surface area contributed by atoms with Gasteiger partial charge in [0, 0.05) is 17.8 Å². The Morgan fingerprint density at radius 1 is 1.42 bits per heavy atom. The Labute approximate surface area is 110 Å². The molecule has 2 rings (SSSR count). The molecule has 0 spiro atoms. The van der Waals surface area contributed by atoms with Crippen molar-refractivity contribution in [3.63, 3.8) is 0 Å². The van der Waals surface area contributed by atoms with Crippen molar-refractivity contribution in [2.24, 2.45) is 0 Å². The summed E-state index contributed by atoms with van der Waals surface area (Å²) in [6, 6.07) is 6.10. The Morgan fingerprint density at radius 3 is 2.84 bits per heavy atom. The number of benzene rings is 1. The molecule has 0 unspecified atom stereocenters. The van der Waals surface area contributed by atoms with Gasteiger partial charge in [-0.05, 0) is 32.0 Å². The van der Waals surface area contributed by atoms with E-state index in [0.29, 0.717) is 11.5 Å². The number of phenols is 1. The van der Waals surface area contributed by atoms with Gasteiger partial charge in [0.15, 0.2) is 0 Å². The first-order chi connectivity index (χ1) is 8.99. The zero-order valence-electron chi connectivity index (χ0n) is 10.8. The van der Waals surface area contributed by atoms with Gasteiger partial charge in [-0.25, -0.2) is 4.68 Å². The van der Waals surface area contributed by atoms with E-state index in [0.717, 1.165) is 0 Å². The second kappa shape index (κ2) is 5.01. The number of rotatable bonds is 3. The molecular weight excluding hydrogens is 244 g/mol. The number of nitrogen functional groups attached to an aromatic ring is 1. The minimum absolute atomic E-state index is 0.00304. The van der Waals surface area contributed by atoms with E-state index in [4.69, 9.17) is 5.73 Å². The number of aromatic nitrogens is 2. The first-order valence-corrected chi connectivity index (χ1v) is 5.92. The number of anilines is 2. The van der Waals surface area contributed by atoms with Crippen LogP contribution in [0.1, 0.15) is 30.2 Å². The maximum Gasteiger partial charge on any atom is 0.259 e. The van der Waals surface area contributed by atoms with E-state index in [2.05, 4.69) is 10.4 Å². The molecule has 4 N–H and O–H groups in total. The third-order valence-electron chi connectivity index (χ3n) is 2.68. The molecule has 1 amide bonds. The van der Waals surface area contributed by atoms with E-state index in [1.165, 1.54) is 18.2 Å². The predicted octanol–water partition coefficient (Wildman–Crippen LogP) is 2.00. The van der Waals surface area contributed by atoms with Crippen molar-refractivity contribution in [3.8, 4) is 5.75 Å². The van der Waals surface area contributed by atoms with Crippen molar-refractivity contribution < 1.29 is 9.90 Å². The summed E-state index contributed by atoms with van der Waals surface area (Å²) in [6.45, 7) is 3.93. The third-order valence-corrected chi connectivity index (χ3v) is 2.68. The van der Waals surface area contributed by atoms with Crippen LogP contribution in [0.5, 0.6) is 5.75 Å². The summed E-state index contributed by atoms with van der Waals surface area (Å²) in [4.78, 5) is 12.1. The van der Waals surface area contributed by atoms with Gasteiger partial charge in [-0.2, -0.15) is 5.10 Å². The van der Waals surface area contributed by atoms with E-state index in [1.807, 2.05) is 13.8 Å². The summed E-state index contributed by atoms with van der Waals surface area (Å²) in [5.41, 5.74) is 6.27. The second-order valence-corrected chi connectivity index (χ2v) is 4.48. The highest BCUT2D eigenvalue weighted by atomic mass is 16.3. The summed E-state index contributed by atoms with van der Waals surface area (Å²) in [7, 11) is 0. The maximum absolute atomic E-state index is 12.1.